The zero-order valence-corrected chi connectivity index (χ0v) is 15.0. The summed E-state index contributed by atoms with van der Waals surface area (Å²) in [5, 5.41) is 0. The Balaban J connectivity index is 1.54. The summed E-state index contributed by atoms with van der Waals surface area (Å²) in [6.45, 7) is 8.10. The second-order valence-corrected chi connectivity index (χ2v) is 6.65. The molecule has 1 saturated heterocycles. The van der Waals surface area contributed by atoms with Crippen LogP contribution in [0.3, 0.4) is 0 Å². The van der Waals surface area contributed by atoms with Gasteiger partial charge in [-0.25, -0.2) is 15.0 Å². The van der Waals surface area contributed by atoms with Crippen LogP contribution in [-0.2, 0) is 11.3 Å². The molecule has 0 aliphatic carbocycles. The number of nitrogens with zero attached hydrogens (tertiary/aromatic N) is 6. The number of amides is 1. The van der Waals surface area contributed by atoms with Gasteiger partial charge in [0.15, 0.2) is 0 Å². The third-order valence-electron chi connectivity index (χ3n) is 4.51. The smallest absolute Gasteiger partial charge is 0.225 e. The van der Waals surface area contributed by atoms with Crippen molar-refractivity contribution in [3.63, 3.8) is 0 Å². The molecule has 3 rings (SSSR count). The lowest BCUT2D eigenvalue weighted by atomic mass is 10.2. The van der Waals surface area contributed by atoms with Crippen LogP contribution in [0, 0.1) is 0 Å². The number of carbonyl (C=O) groups excluding carboxylic acids is 1. The van der Waals surface area contributed by atoms with E-state index in [0.717, 1.165) is 44.4 Å². The lowest BCUT2D eigenvalue weighted by Crippen LogP contribution is -2.36. The van der Waals surface area contributed by atoms with E-state index in [0.29, 0.717) is 18.9 Å². The van der Waals surface area contributed by atoms with E-state index in [-0.39, 0.29) is 5.91 Å². The Morgan fingerprint density at radius 2 is 1.88 bits per heavy atom. The monoisotopic (exact) mass is 342 g/mol. The van der Waals surface area contributed by atoms with E-state index in [1.807, 2.05) is 23.4 Å². The average molecular weight is 342 g/mol. The molecule has 3 heterocycles. The molecule has 1 aliphatic rings. The SMILES string of the molecule is CC(C)c1nccn1CCC(=O)N1CCCN(c2ncccn2)CC1. The highest BCUT2D eigenvalue weighted by molar-refractivity contribution is 5.76. The van der Waals surface area contributed by atoms with Crippen molar-refractivity contribution >= 4 is 11.9 Å². The molecule has 2 aromatic heterocycles. The minimum Gasteiger partial charge on any atom is -0.341 e. The van der Waals surface area contributed by atoms with Crippen LogP contribution in [0.15, 0.2) is 30.9 Å². The molecule has 0 aromatic carbocycles. The molecule has 0 spiro atoms. The Labute approximate surface area is 148 Å². The number of hydrogen-bond acceptors (Lipinski definition) is 5. The van der Waals surface area contributed by atoms with Gasteiger partial charge in [-0.05, 0) is 12.5 Å². The first-order chi connectivity index (χ1) is 12.1. The first-order valence-corrected chi connectivity index (χ1v) is 8.96. The first kappa shape index (κ1) is 17.4. The van der Waals surface area contributed by atoms with Crippen LogP contribution >= 0.6 is 0 Å². The second kappa shape index (κ2) is 8.09. The van der Waals surface area contributed by atoms with Crippen LogP contribution in [0.4, 0.5) is 5.95 Å². The summed E-state index contributed by atoms with van der Waals surface area (Å²) in [5.41, 5.74) is 0. The van der Waals surface area contributed by atoms with Gasteiger partial charge in [0, 0.05) is 69.8 Å². The Hall–Kier alpha value is -2.44. The lowest BCUT2D eigenvalue weighted by molar-refractivity contribution is -0.131. The molecule has 1 aliphatic heterocycles. The van der Waals surface area contributed by atoms with Crippen LogP contribution in [0.5, 0.6) is 0 Å². The Morgan fingerprint density at radius 3 is 2.64 bits per heavy atom. The predicted molar refractivity (Wildman–Crippen MR) is 96.4 cm³/mol. The van der Waals surface area contributed by atoms with Gasteiger partial charge >= 0.3 is 0 Å². The van der Waals surface area contributed by atoms with Gasteiger partial charge in [-0.3, -0.25) is 4.79 Å². The summed E-state index contributed by atoms with van der Waals surface area (Å²) in [7, 11) is 0. The molecule has 2 aromatic rings. The number of imidazole rings is 1. The largest absolute Gasteiger partial charge is 0.341 e. The molecule has 134 valence electrons. The fourth-order valence-electron chi connectivity index (χ4n) is 3.21. The van der Waals surface area contributed by atoms with E-state index in [2.05, 4.69) is 38.3 Å². The third-order valence-corrected chi connectivity index (χ3v) is 4.51. The van der Waals surface area contributed by atoms with Crippen molar-refractivity contribution in [2.75, 3.05) is 31.1 Å². The molecule has 0 unspecified atom stereocenters. The topological polar surface area (TPSA) is 67.2 Å². The van der Waals surface area contributed by atoms with Gasteiger partial charge in [0.05, 0.1) is 0 Å². The Kier molecular flexibility index (Phi) is 5.63. The van der Waals surface area contributed by atoms with E-state index >= 15 is 0 Å². The normalized spacial score (nSPS) is 15.5. The number of anilines is 1. The number of aromatic nitrogens is 4. The highest BCUT2D eigenvalue weighted by atomic mass is 16.2. The van der Waals surface area contributed by atoms with Gasteiger partial charge in [-0.1, -0.05) is 13.8 Å². The summed E-state index contributed by atoms with van der Waals surface area (Å²) in [5.74, 6) is 2.36. The molecule has 25 heavy (non-hydrogen) atoms. The summed E-state index contributed by atoms with van der Waals surface area (Å²) >= 11 is 0. The van der Waals surface area contributed by atoms with Crippen LogP contribution in [0.2, 0.25) is 0 Å². The maximum absolute atomic E-state index is 12.6. The molecular formula is C18H26N6O. The number of hydrogen-bond donors (Lipinski definition) is 0. The third kappa shape index (κ3) is 4.35. The summed E-state index contributed by atoms with van der Waals surface area (Å²) in [4.78, 5) is 29.7. The second-order valence-electron chi connectivity index (χ2n) is 6.65. The van der Waals surface area contributed by atoms with Gasteiger partial charge in [0.25, 0.3) is 0 Å². The minimum absolute atomic E-state index is 0.208. The van der Waals surface area contributed by atoms with Gasteiger partial charge in [-0.15, -0.1) is 0 Å². The van der Waals surface area contributed by atoms with Gasteiger partial charge in [-0.2, -0.15) is 0 Å². The van der Waals surface area contributed by atoms with E-state index in [1.54, 1.807) is 12.4 Å². The Bertz CT molecular complexity index is 684. The minimum atomic E-state index is 0.208. The summed E-state index contributed by atoms with van der Waals surface area (Å²) in [6, 6.07) is 1.82. The zero-order valence-electron chi connectivity index (χ0n) is 15.0. The fraction of sp³-hybridized carbons (Fsp3) is 0.556. The van der Waals surface area contributed by atoms with Gasteiger partial charge in [0.2, 0.25) is 11.9 Å². The standard InChI is InChI=1S/C18H26N6O/c1-15(2)17-19-8-12-23(17)11-5-16(25)22-9-4-10-24(14-13-22)18-20-6-3-7-21-18/h3,6-8,12,15H,4-5,9-11,13-14H2,1-2H3. The average Bonchev–Trinajstić information content (AvgIpc) is 2.96. The van der Waals surface area contributed by atoms with E-state index < -0.39 is 0 Å². The molecule has 0 saturated carbocycles. The molecule has 0 atom stereocenters. The molecule has 7 nitrogen and oxygen atoms in total. The summed E-state index contributed by atoms with van der Waals surface area (Å²) < 4.78 is 2.09. The molecular weight excluding hydrogens is 316 g/mol. The molecule has 7 heteroatoms. The van der Waals surface area contributed by atoms with Crippen molar-refractivity contribution in [1.29, 1.82) is 0 Å². The van der Waals surface area contributed by atoms with Crippen molar-refractivity contribution in [2.45, 2.75) is 39.2 Å². The fourth-order valence-corrected chi connectivity index (χ4v) is 3.21. The molecule has 0 N–H and O–H groups in total. The van der Waals surface area contributed by atoms with Crippen molar-refractivity contribution in [3.05, 3.63) is 36.7 Å². The van der Waals surface area contributed by atoms with Crippen LogP contribution in [0.1, 0.15) is 38.4 Å². The number of aryl methyl sites for hydroxylation is 1. The molecule has 1 amide bonds. The van der Waals surface area contributed by atoms with Gasteiger partial charge in [0.1, 0.15) is 5.82 Å². The number of rotatable bonds is 5. The van der Waals surface area contributed by atoms with Crippen molar-refractivity contribution in [1.82, 2.24) is 24.4 Å². The van der Waals surface area contributed by atoms with Crippen LogP contribution in [0.25, 0.3) is 0 Å². The van der Waals surface area contributed by atoms with E-state index in [4.69, 9.17) is 0 Å². The first-order valence-electron chi connectivity index (χ1n) is 8.96. The lowest BCUT2D eigenvalue weighted by Gasteiger charge is -2.22. The van der Waals surface area contributed by atoms with Crippen molar-refractivity contribution in [2.24, 2.45) is 0 Å². The van der Waals surface area contributed by atoms with E-state index in [1.165, 1.54) is 0 Å². The zero-order chi connectivity index (χ0) is 17.6. The Morgan fingerprint density at radius 1 is 1.08 bits per heavy atom. The number of carbonyl (C=O) groups is 1. The predicted octanol–water partition coefficient (Wildman–Crippen LogP) is 1.93. The van der Waals surface area contributed by atoms with Crippen LogP contribution in [-0.4, -0.2) is 56.5 Å². The van der Waals surface area contributed by atoms with Gasteiger partial charge < -0.3 is 14.4 Å². The van der Waals surface area contributed by atoms with Crippen LogP contribution < -0.4 is 4.90 Å². The van der Waals surface area contributed by atoms with E-state index in [9.17, 15) is 4.79 Å². The van der Waals surface area contributed by atoms with Crippen molar-refractivity contribution < 1.29 is 4.79 Å². The quantitative estimate of drug-likeness (QED) is 0.830. The highest BCUT2D eigenvalue weighted by Crippen LogP contribution is 2.14. The molecule has 1 fully saturated rings. The summed E-state index contributed by atoms with van der Waals surface area (Å²) in [6.07, 6.45) is 8.73. The maximum atomic E-state index is 12.6. The van der Waals surface area contributed by atoms with Crippen molar-refractivity contribution in [3.8, 4) is 0 Å². The highest BCUT2D eigenvalue weighted by Gasteiger charge is 2.20. The maximum Gasteiger partial charge on any atom is 0.225 e. The molecule has 0 radical (unpaired) electrons. The molecule has 0 bridgehead atoms.